The van der Waals surface area contributed by atoms with Crippen LogP contribution in [-0.4, -0.2) is 87.6 Å². The van der Waals surface area contributed by atoms with Gasteiger partial charge in [0.2, 0.25) is 17.7 Å². The van der Waals surface area contributed by atoms with Crippen molar-refractivity contribution in [1.82, 2.24) is 15.1 Å². The molecule has 3 aliphatic heterocycles. The molecule has 3 amide bonds. The topological polar surface area (TPSA) is 125 Å². The van der Waals surface area contributed by atoms with Crippen LogP contribution in [-0.2, 0) is 28.7 Å². The summed E-state index contributed by atoms with van der Waals surface area (Å²) in [6.45, 7) is 15.6. The molecule has 10 nitrogen and oxygen atoms in total. The fraction of sp³-hybridized carbons (Fsp3) is 0.600. The molecule has 2 N–H and O–H groups in total. The van der Waals surface area contributed by atoms with Gasteiger partial charge < -0.3 is 29.7 Å². The van der Waals surface area contributed by atoms with E-state index in [1.165, 1.54) is 0 Å². The van der Waals surface area contributed by atoms with E-state index in [9.17, 15) is 24.3 Å². The summed E-state index contributed by atoms with van der Waals surface area (Å²) in [5.74, 6) is -3.09. The quantitative estimate of drug-likeness (QED) is 0.173. The Kier molecular flexibility index (Phi) is 10.9. The lowest BCUT2D eigenvalue weighted by Gasteiger charge is -2.42. The summed E-state index contributed by atoms with van der Waals surface area (Å²) in [5.41, 5.74) is -1.01. The Morgan fingerprint density at radius 2 is 1.91 bits per heavy atom. The average Bonchev–Trinajstić information content (AvgIpc) is 3.64. The van der Waals surface area contributed by atoms with E-state index in [1.54, 1.807) is 28.9 Å². The highest BCUT2D eigenvalue weighted by atomic mass is 16.6. The van der Waals surface area contributed by atoms with Gasteiger partial charge in [0.15, 0.2) is 0 Å². The van der Waals surface area contributed by atoms with Crippen molar-refractivity contribution in [2.24, 2.45) is 11.8 Å². The number of carbonyl (C=O) groups excluding carboxylic acids is 4. The minimum absolute atomic E-state index is 0.0312. The third kappa shape index (κ3) is 6.87. The number of rotatable bonds is 15. The lowest BCUT2D eigenvalue weighted by molar-refractivity contribution is -0.162. The second kappa shape index (κ2) is 14.3. The lowest BCUT2D eigenvalue weighted by atomic mass is 9.70. The third-order valence-electron chi connectivity index (χ3n) is 9.29. The van der Waals surface area contributed by atoms with Crippen molar-refractivity contribution < 1.29 is 33.8 Å². The van der Waals surface area contributed by atoms with Crippen molar-refractivity contribution in [2.75, 3.05) is 19.7 Å². The monoisotopic (exact) mass is 623 g/mol. The number of hydrogen-bond donors (Lipinski definition) is 2. The summed E-state index contributed by atoms with van der Waals surface area (Å²) < 4.78 is 12.8. The molecule has 3 fully saturated rings. The van der Waals surface area contributed by atoms with Crippen molar-refractivity contribution in [3.05, 3.63) is 61.2 Å². The number of hydrogen-bond acceptors (Lipinski definition) is 7. The van der Waals surface area contributed by atoms with Gasteiger partial charge >= 0.3 is 5.97 Å². The Bertz CT molecular complexity index is 1260. The van der Waals surface area contributed by atoms with Crippen molar-refractivity contribution in [2.45, 2.75) is 102 Å². The number of fused-ring (bicyclic) bond motifs is 1. The first-order valence-electron chi connectivity index (χ1n) is 16.1. The highest BCUT2D eigenvalue weighted by Crippen LogP contribution is 2.59. The maximum atomic E-state index is 14.4. The van der Waals surface area contributed by atoms with Gasteiger partial charge in [0.25, 0.3) is 0 Å². The number of carbonyl (C=O) groups is 4. The minimum atomic E-state index is -1.17. The summed E-state index contributed by atoms with van der Waals surface area (Å²) in [6, 6.07) is 7.74. The Balaban J connectivity index is 1.66. The molecule has 3 saturated heterocycles. The molecule has 0 aliphatic carbocycles. The zero-order chi connectivity index (χ0) is 32.9. The number of likely N-dealkylation sites (tertiary alicyclic amines) is 1. The van der Waals surface area contributed by atoms with E-state index >= 15 is 0 Å². The fourth-order valence-electron chi connectivity index (χ4n) is 7.25. The van der Waals surface area contributed by atoms with E-state index in [1.807, 2.05) is 51.1 Å². The van der Waals surface area contributed by atoms with Crippen LogP contribution in [0, 0.1) is 11.8 Å². The van der Waals surface area contributed by atoms with E-state index in [0.717, 1.165) is 0 Å². The molecule has 1 spiro atoms. The molecule has 10 heteroatoms. The molecular weight excluding hydrogens is 574 g/mol. The predicted octanol–water partition coefficient (Wildman–Crippen LogP) is 3.70. The number of unbranched alkanes of at least 4 members (excludes halogenated alkanes) is 1. The van der Waals surface area contributed by atoms with Gasteiger partial charge in [0.1, 0.15) is 17.7 Å². The SMILES string of the molecule is C=CCCC(=O)N[C@H](C)[C@@H](OC(=O)[C@@H]1[C@@H]2CC[C@]3(O2)[C@H](C(=O)N(CC=C)C(C)(C)C)N(CCCCO)C(=O)[C@@H]13)c1ccccc1. The Morgan fingerprint density at radius 3 is 2.53 bits per heavy atom. The summed E-state index contributed by atoms with van der Waals surface area (Å²) in [7, 11) is 0. The Labute approximate surface area is 266 Å². The molecule has 3 heterocycles. The lowest BCUT2D eigenvalue weighted by Crippen LogP contribution is -2.59. The molecule has 246 valence electrons. The van der Waals surface area contributed by atoms with Crippen LogP contribution in [0.3, 0.4) is 0 Å². The second-order valence-corrected chi connectivity index (χ2v) is 13.4. The molecule has 45 heavy (non-hydrogen) atoms. The molecule has 0 saturated carbocycles. The number of ether oxygens (including phenoxy) is 2. The van der Waals surface area contributed by atoms with Crippen LogP contribution in [0.1, 0.15) is 77.9 Å². The first-order chi connectivity index (χ1) is 21.4. The van der Waals surface area contributed by atoms with E-state index in [-0.39, 0.29) is 37.3 Å². The highest BCUT2D eigenvalue weighted by molar-refractivity contribution is 5.98. The first-order valence-corrected chi connectivity index (χ1v) is 16.1. The van der Waals surface area contributed by atoms with Crippen LogP contribution in [0.25, 0.3) is 0 Å². The van der Waals surface area contributed by atoms with Gasteiger partial charge in [0, 0.05) is 31.7 Å². The van der Waals surface area contributed by atoms with Crippen LogP contribution >= 0.6 is 0 Å². The normalized spacial score (nSPS) is 26.6. The molecule has 0 aromatic heterocycles. The molecule has 3 aliphatic rings. The van der Waals surface area contributed by atoms with Crippen LogP contribution in [0.2, 0.25) is 0 Å². The zero-order valence-corrected chi connectivity index (χ0v) is 27.1. The third-order valence-corrected chi connectivity index (χ3v) is 9.29. The summed E-state index contributed by atoms with van der Waals surface area (Å²) in [6.07, 6.45) is 4.71. The second-order valence-electron chi connectivity index (χ2n) is 13.4. The Morgan fingerprint density at radius 1 is 1.20 bits per heavy atom. The smallest absolute Gasteiger partial charge is 0.313 e. The molecule has 7 atom stereocenters. The van der Waals surface area contributed by atoms with Crippen molar-refractivity contribution in [1.29, 1.82) is 0 Å². The highest BCUT2D eigenvalue weighted by Gasteiger charge is 2.75. The fourth-order valence-corrected chi connectivity index (χ4v) is 7.25. The van der Waals surface area contributed by atoms with E-state index in [4.69, 9.17) is 9.47 Å². The molecule has 4 rings (SSSR count). The van der Waals surface area contributed by atoms with E-state index in [0.29, 0.717) is 44.2 Å². The largest absolute Gasteiger partial charge is 0.455 e. The number of nitrogens with one attached hydrogen (secondary N) is 1. The maximum Gasteiger partial charge on any atom is 0.313 e. The van der Waals surface area contributed by atoms with Gasteiger partial charge in [-0.25, -0.2) is 0 Å². The zero-order valence-electron chi connectivity index (χ0n) is 27.1. The Hall–Kier alpha value is -3.50. The summed E-state index contributed by atoms with van der Waals surface area (Å²) >= 11 is 0. The van der Waals surface area contributed by atoms with Gasteiger partial charge in [-0.1, -0.05) is 42.5 Å². The predicted molar refractivity (Wildman–Crippen MR) is 170 cm³/mol. The van der Waals surface area contributed by atoms with Crippen molar-refractivity contribution in [3.63, 3.8) is 0 Å². The molecule has 1 aromatic rings. The number of aliphatic hydroxyl groups is 1. The standard InChI is InChI=1S/C35H49N3O7/c1-7-9-17-26(40)36-23(3)29(24-15-11-10-12-16-24)44-33(43)27-25-18-19-35(45-25)28(27)31(41)37(21-13-14-22-39)30(35)32(42)38(20-8-2)34(4,5)6/h7-8,10-12,15-16,23,25,27-30,39H,1-2,9,13-14,17-22H2,3-6H3,(H,36,40)/t23-,25+,27-,28-,29-,30+,35-/m1/s1. The minimum Gasteiger partial charge on any atom is -0.455 e. The van der Waals surface area contributed by atoms with Crippen LogP contribution in [0.4, 0.5) is 0 Å². The number of aliphatic hydroxyl groups excluding tert-OH is 1. The van der Waals surface area contributed by atoms with Gasteiger partial charge in [-0.3, -0.25) is 19.2 Å². The van der Waals surface area contributed by atoms with E-state index in [2.05, 4.69) is 18.5 Å². The number of amides is 3. The number of nitrogens with zero attached hydrogens (tertiary/aromatic N) is 2. The summed E-state index contributed by atoms with van der Waals surface area (Å²) in [5, 5.41) is 12.4. The molecule has 1 aromatic carbocycles. The number of allylic oxidation sites excluding steroid dienone is 1. The van der Waals surface area contributed by atoms with Crippen LogP contribution in [0.15, 0.2) is 55.6 Å². The first kappa shape index (κ1) is 34.4. The van der Waals surface area contributed by atoms with Gasteiger partial charge in [-0.2, -0.15) is 0 Å². The average molecular weight is 624 g/mol. The van der Waals surface area contributed by atoms with E-state index < -0.39 is 53.2 Å². The number of esters is 1. The molecule has 2 bridgehead atoms. The van der Waals surface area contributed by atoms with Crippen LogP contribution in [0.5, 0.6) is 0 Å². The van der Waals surface area contributed by atoms with Crippen molar-refractivity contribution in [3.8, 4) is 0 Å². The molecular formula is C35H49N3O7. The van der Waals surface area contributed by atoms with Gasteiger partial charge in [-0.15, -0.1) is 13.2 Å². The van der Waals surface area contributed by atoms with Gasteiger partial charge in [-0.05, 0) is 65.4 Å². The van der Waals surface area contributed by atoms with Crippen molar-refractivity contribution >= 4 is 23.7 Å². The van der Waals surface area contributed by atoms with Gasteiger partial charge in [0.05, 0.1) is 24.0 Å². The van der Waals surface area contributed by atoms with Crippen LogP contribution < -0.4 is 5.32 Å². The molecule has 0 unspecified atom stereocenters. The molecule has 0 radical (unpaired) electrons. The maximum absolute atomic E-state index is 14.4. The summed E-state index contributed by atoms with van der Waals surface area (Å²) in [4.78, 5) is 58.7. The number of benzene rings is 1.